The molecule has 1 fully saturated rings. The normalized spacial score (nSPS) is 18.9. The highest BCUT2D eigenvalue weighted by molar-refractivity contribution is 6.16. The molecule has 2 aromatic rings. The number of rotatable bonds is 8. The molecule has 8 heteroatoms. The number of nitro benzene ring substituents is 1. The van der Waals surface area contributed by atoms with Crippen molar-refractivity contribution >= 4 is 23.4 Å². The lowest BCUT2D eigenvalue weighted by Crippen LogP contribution is -2.34. The minimum Gasteiger partial charge on any atom is -0.465 e. The Kier molecular flexibility index (Phi) is 5.96. The molecule has 3 rings (SSSR count). The Hall–Kier alpha value is -3.55. The Morgan fingerprint density at radius 1 is 0.933 bits per heavy atom. The van der Waals surface area contributed by atoms with Crippen molar-refractivity contribution < 1.29 is 28.8 Å². The van der Waals surface area contributed by atoms with Gasteiger partial charge in [-0.1, -0.05) is 42.5 Å². The zero-order chi connectivity index (χ0) is 21.9. The second-order valence-corrected chi connectivity index (χ2v) is 6.84. The molecule has 0 spiro atoms. The van der Waals surface area contributed by atoms with Crippen LogP contribution in [0.15, 0.2) is 54.6 Å². The van der Waals surface area contributed by atoms with E-state index in [4.69, 9.17) is 9.47 Å². The van der Waals surface area contributed by atoms with Crippen molar-refractivity contribution in [1.29, 1.82) is 0 Å². The summed E-state index contributed by atoms with van der Waals surface area (Å²) in [5, 5.41) is 11.0. The third kappa shape index (κ3) is 3.45. The fourth-order valence-electron chi connectivity index (χ4n) is 3.88. The van der Waals surface area contributed by atoms with E-state index in [0.717, 1.165) is 0 Å². The number of nitrogens with zero attached hydrogens (tertiary/aromatic N) is 1. The third-order valence-corrected chi connectivity index (χ3v) is 5.24. The SMILES string of the molecule is CCOC(=O)C1(C(=O)OCC)[C@H](C(=O)c2ccccc2)[C@@H]1c1ccc([N+](=O)[O-])cc1. The number of carbonyl (C=O) groups is 3. The van der Waals surface area contributed by atoms with Gasteiger partial charge in [-0.15, -0.1) is 0 Å². The minimum absolute atomic E-state index is 0.0270. The van der Waals surface area contributed by atoms with Crippen LogP contribution in [0, 0.1) is 21.4 Å². The van der Waals surface area contributed by atoms with Gasteiger partial charge < -0.3 is 9.47 Å². The summed E-state index contributed by atoms with van der Waals surface area (Å²) in [6, 6.07) is 13.8. The number of esters is 2. The van der Waals surface area contributed by atoms with E-state index < -0.39 is 34.1 Å². The quantitative estimate of drug-likeness (QED) is 0.215. The summed E-state index contributed by atoms with van der Waals surface area (Å²) in [6.07, 6.45) is 0. The van der Waals surface area contributed by atoms with Crippen molar-refractivity contribution in [3.05, 3.63) is 75.8 Å². The van der Waals surface area contributed by atoms with E-state index in [-0.39, 0.29) is 24.7 Å². The Balaban J connectivity index is 2.11. The molecule has 0 saturated heterocycles. The lowest BCUT2D eigenvalue weighted by atomic mass is 9.97. The molecule has 0 bridgehead atoms. The van der Waals surface area contributed by atoms with E-state index >= 15 is 0 Å². The summed E-state index contributed by atoms with van der Waals surface area (Å²) in [7, 11) is 0. The Morgan fingerprint density at radius 3 is 1.93 bits per heavy atom. The lowest BCUT2D eigenvalue weighted by molar-refractivity contribution is -0.384. The summed E-state index contributed by atoms with van der Waals surface area (Å²) in [4.78, 5) is 49.6. The second-order valence-electron chi connectivity index (χ2n) is 6.84. The Bertz CT molecular complexity index is 951. The summed E-state index contributed by atoms with van der Waals surface area (Å²) in [5.74, 6) is -3.93. The number of Topliss-reactive ketones (excluding diaryl/α,β-unsaturated/α-hetero) is 1. The average molecular weight is 411 g/mol. The van der Waals surface area contributed by atoms with Crippen LogP contribution in [-0.2, 0) is 19.1 Å². The van der Waals surface area contributed by atoms with Crippen LogP contribution < -0.4 is 0 Å². The van der Waals surface area contributed by atoms with Gasteiger partial charge in [0.2, 0.25) is 0 Å². The van der Waals surface area contributed by atoms with Crippen molar-refractivity contribution in [3.63, 3.8) is 0 Å². The van der Waals surface area contributed by atoms with Gasteiger partial charge in [0, 0.05) is 23.6 Å². The molecule has 0 heterocycles. The maximum absolute atomic E-state index is 13.3. The van der Waals surface area contributed by atoms with E-state index in [2.05, 4.69) is 0 Å². The highest BCUT2D eigenvalue weighted by atomic mass is 16.6. The number of carbonyl (C=O) groups excluding carboxylic acids is 3. The number of non-ortho nitro benzene ring substituents is 1. The third-order valence-electron chi connectivity index (χ3n) is 5.24. The number of hydrogen-bond donors (Lipinski definition) is 0. The predicted octanol–water partition coefficient (Wildman–Crippen LogP) is 3.30. The molecule has 0 amide bonds. The maximum Gasteiger partial charge on any atom is 0.324 e. The minimum atomic E-state index is -1.82. The molecule has 0 aliphatic heterocycles. The van der Waals surface area contributed by atoms with Crippen LogP contribution in [0.1, 0.15) is 35.7 Å². The van der Waals surface area contributed by atoms with Gasteiger partial charge in [-0.05, 0) is 19.4 Å². The van der Waals surface area contributed by atoms with Crippen LogP contribution in [0.4, 0.5) is 5.69 Å². The summed E-state index contributed by atoms with van der Waals surface area (Å²) in [5.41, 5.74) is -1.15. The molecular formula is C22H21NO7. The van der Waals surface area contributed by atoms with Crippen molar-refractivity contribution in [2.75, 3.05) is 13.2 Å². The van der Waals surface area contributed by atoms with Crippen LogP contribution in [0.3, 0.4) is 0 Å². The second kappa shape index (κ2) is 8.44. The molecule has 156 valence electrons. The van der Waals surface area contributed by atoms with Gasteiger partial charge in [0.1, 0.15) is 0 Å². The number of ether oxygens (including phenoxy) is 2. The van der Waals surface area contributed by atoms with Gasteiger partial charge in [0.05, 0.1) is 24.1 Å². The van der Waals surface area contributed by atoms with Crippen molar-refractivity contribution in [2.45, 2.75) is 19.8 Å². The Morgan fingerprint density at radius 2 is 1.47 bits per heavy atom. The standard InChI is InChI=1S/C22H21NO7/c1-3-29-20(25)22(21(26)30-4-2)17(14-10-12-16(13-11-14)23(27)28)18(22)19(24)15-8-6-5-7-9-15/h5-13,17-18H,3-4H2,1-2H3/t17-,18-/m0/s1. The van der Waals surface area contributed by atoms with E-state index in [0.29, 0.717) is 11.1 Å². The first-order chi connectivity index (χ1) is 14.4. The largest absolute Gasteiger partial charge is 0.465 e. The van der Waals surface area contributed by atoms with Crippen LogP contribution in [0.25, 0.3) is 0 Å². The molecule has 0 radical (unpaired) electrons. The first-order valence-corrected chi connectivity index (χ1v) is 9.57. The number of benzene rings is 2. The zero-order valence-electron chi connectivity index (χ0n) is 16.6. The molecule has 0 unspecified atom stereocenters. The van der Waals surface area contributed by atoms with Crippen LogP contribution in [0.2, 0.25) is 0 Å². The van der Waals surface area contributed by atoms with Crippen LogP contribution >= 0.6 is 0 Å². The molecule has 2 aromatic carbocycles. The smallest absolute Gasteiger partial charge is 0.324 e. The van der Waals surface area contributed by atoms with Crippen molar-refractivity contribution in [2.24, 2.45) is 11.3 Å². The summed E-state index contributed by atoms with van der Waals surface area (Å²) in [6.45, 7) is 3.26. The fraction of sp³-hybridized carbons (Fsp3) is 0.318. The first kappa shape index (κ1) is 21.2. The molecule has 0 aromatic heterocycles. The maximum atomic E-state index is 13.3. The Labute approximate surface area is 172 Å². The summed E-state index contributed by atoms with van der Waals surface area (Å²) < 4.78 is 10.3. The van der Waals surface area contributed by atoms with Crippen molar-refractivity contribution in [3.8, 4) is 0 Å². The van der Waals surface area contributed by atoms with E-state index in [1.165, 1.54) is 24.3 Å². The topological polar surface area (TPSA) is 113 Å². The lowest BCUT2D eigenvalue weighted by Gasteiger charge is -2.15. The van der Waals surface area contributed by atoms with Crippen molar-refractivity contribution in [1.82, 2.24) is 0 Å². The van der Waals surface area contributed by atoms with E-state index in [1.807, 2.05) is 0 Å². The molecule has 0 N–H and O–H groups in total. The van der Waals surface area contributed by atoms with Gasteiger partial charge in [0.15, 0.2) is 11.2 Å². The first-order valence-electron chi connectivity index (χ1n) is 9.57. The van der Waals surface area contributed by atoms with Gasteiger partial charge in [-0.2, -0.15) is 0 Å². The molecular weight excluding hydrogens is 390 g/mol. The van der Waals surface area contributed by atoms with E-state index in [1.54, 1.807) is 44.2 Å². The van der Waals surface area contributed by atoms with Gasteiger partial charge in [-0.25, -0.2) is 0 Å². The monoisotopic (exact) mass is 411 g/mol. The van der Waals surface area contributed by atoms with Gasteiger partial charge >= 0.3 is 11.9 Å². The van der Waals surface area contributed by atoms with Crippen LogP contribution in [0.5, 0.6) is 0 Å². The fourth-order valence-corrected chi connectivity index (χ4v) is 3.88. The van der Waals surface area contributed by atoms with E-state index in [9.17, 15) is 24.5 Å². The van der Waals surface area contributed by atoms with Crippen LogP contribution in [-0.4, -0.2) is 35.9 Å². The highest BCUT2D eigenvalue weighted by Gasteiger charge is 2.79. The molecule has 1 aliphatic rings. The number of nitro groups is 1. The molecule has 30 heavy (non-hydrogen) atoms. The molecule has 8 nitrogen and oxygen atoms in total. The van der Waals surface area contributed by atoms with Gasteiger partial charge in [-0.3, -0.25) is 24.5 Å². The number of hydrogen-bond acceptors (Lipinski definition) is 7. The zero-order valence-corrected chi connectivity index (χ0v) is 16.6. The molecule has 1 saturated carbocycles. The highest BCUT2D eigenvalue weighted by Crippen LogP contribution is 2.67. The summed E-state index contributed by atoms with van der Waals surface area (Å²) >= 11 is 0. The predicted molar refractivity (Wildman–Crippen MR) is 106 cm³/mol. The average Bonchev–Trinajstić information content (AvgIpc) is 3.45. The molecule has 1 aliphatic carbocycles. The number of ketones is 1. The van der Waals surface area contributed by atoms with Gasteiger partial charge in [0.25, 0.3) is 5.69 Å². The molecule has 2 atom stereocenters.